The van der Waals surface area contributed by atoms with Crippen LogP contribution in [0.25, 0.3) is 0 Å². The number of hydrogen-bond acceptors (Lipinski definition) is 3. The van der Waals surface area contributed by atoms with E-state index < -0.39 is 0 Å². The summed E-state index contributed by atoms with van der Waals surface area (Å²) in [4.78, 5) is 4.30. The van der Waals surface area contributed by atoms with E-state index in [2.05, 4.69) is 22.6 Å². The van der Waals surface area contributed by atoms with Gasteiger partial charge >= 0.3 is 0 Å². The summed E-state index contributed by atoms with van der Waals surface area (Å²) in [5, 5.41) is 7.04. The lowest BCUT2D eigenvalue weighted by molar-refractivity contribution is 0.421. The third-order valence-electron chi connectivity index (χ3n) is 3.57. The van der Waals surface area contributed by atoms with Crippen molar-refractivity contribution in [3.63, 3.8) is 0 Å². The Balaban J connectivity index is 1.52. The average Bonchev–Trinajstić information content (AvgIpc) is 2.90. The molecular formula is C13H22N2S. The Morgan fingerprint density at radius 1 is 1.44 bits per heavy atom. The highest BCUT2D eigenvalue weighted by Gasteiger charge is 2.21. The molecule has 2 atom stereocenters. The molecule has 16 heavy (non-hydrogen) atoms. The van der Waals surface area contributed by atoms with Gasteiger partial charge in [0.2, 0.25) is 0 Å². The predicted octanol–water partition coefficient (Wildman–Crippen LogP) is 3.24. The molecule has 1 aromatic rings. The Morgan fingerprint density at radius 3 is 3.06 bits per heavy atom. The lowest BCUT2D eigenvalue weighted by Gasteiger charge is -2.16. The molecule has 0 bridgehead atoms. The molecule has 0 radical (unpaired) electrons. The van der Waals surface area contributed by atoms with Crippen LogP contribution in [0, 0.1) is 5.92 Å². The number of thiazole rings is 1. The second kappa shape index (κ2) is 6.36. The van der Waals surface area contributed by atoms with E-state index in [0.29, 0.717) is 0 Å². The van der Waals surface area contributed by atoms with Crippen LogP contribution >= 0.6 is 11.3 Å². The van der Waals surface area contributed by atoms with Gasteiger partial charge in [0.25, 0.3) is 0 Å². The van der Waals surface area contributed by atoms with Crippen molar-refractivity contribution in [2.24, 2.45) is 5.92 Å². The molecule has 1 heterocycles. The highest BCUT2D eigenvalue weighted by Crippen LogP contribution is 2.24. The minimum atomic E-state index is 0.792. The highest BCUT2D eigenvalue weighted by molar-refractivity contribution is 7.09. The molecule has 0 saturated heterocycles. The van der Waals surface area contributed by atoms with Crippen LogP contribution in [0.15, 0.2) is 11.6 Å². The molecule has 1 N–H and O–H groups in total. The van der Waals surface area contributed by atoms with Crippen molar-refractivity contribution >= 4 is 11.3 Å². The fraction of sp³-hybridized carbons (Fsp3) is 0.769. The number of hydrogen-bond donors (Lipinski definition) is 1. The predicted molar refractivity (Wildman–Crippen MR) is 69.9 cm³/mol. The third-order valence-corrected chi connectivity index (χ3v) is 4.41. The molecular weight excluding hydrogens is 216 g/mol. The first-order valence-electron chi connectivity index (χ1n) is 6.48. The third kappa shape index (κ3) is 3.56. The standard InChI is InChI=1S/C13H22N2S/c1-11-5-4-6-12(11)14-8-3-2-7-13-15-9-10-16-13/h9-12,14H,2-8H2,1H3. The van der Waals surface area contributed by atoms with Crippen LogP contribution in [0.3, 0.4) is 0 Å². The van der Waals surface area contributed by atoms with Crippen LogP contribution in [-0.4, -0.2) is 17.6 Å². The molecule has 2 unspecified atom stereocenters. The van der Waals surface area contributed by atoms with Crippen LogP contribution in [0.5, 0.6) is 0 Å². The number of unbranched alkanes of at least 4 members (excludes halogenated alkanes) is 1. The summed E-state index contributed by atoms with van der Waals surface area (Å²) in [5.41, 5.74) is 0. The maximum Gasteiger partial charge on any atom is 0.0924 e. The zero-order valence-electron chi connectivity index (χ0n) is 10.1. The van der Waals surface area contributed by atoms with Gasteiger partial charge in [-0.1, -0.05) is 13.3 Å². The molecule has 3 heteroatoms. The van der Waals surface area contributed by atoms with Crippen LogP contribution in [0.4, 0.5) is 0 Å². The lowest BCUT2D eigenvalue weighted by atomic mass is 10.1. The first-order chi connectivity index (χ1) is 7.86. The molecule has 1 aliphatic carbocycles. The van der Waals surface area contributed by atoms with Crippen molar-refractivity contribution < 1.29 is 0 Å². The molecule has 0 spiro atoms. The normalized spacial score (nSPS) is 25.1. The first kappa shape index (κ1) is 12.1. The number of aryl methyl sites for hydroxylation is 1. The quantitative estimate of drug-likeness (QED) is 0.770. The second-order valence-corrected chi connectivity index (χ2v) is 5.83. The van der Waals surface area contributed by atoms with E-state index in [1.165, 1.54) is 43.7 Å². The molecule has 2 nitrogen and oxygen atoms in total. The van der Waals surface area contributed by atoms with Gasteiger partial charge in [-0.3, -0.25) is 0 Å². The van der Waals surface area contributed by atoms with Crippen molar-refractivity contribution in [3.8, 4) is 0 Å². The molecule has 2 rings (SSSR count). The largest absolute Gasteiger partial charge is 0.314 e. The molecule has 0 amide bonds. The van der Waals surface area contributed by atoms with Gasteiger partial charge in [-0.15, -0.1) is 11.3 Å². The van der Waals surface area contributed by atoms with Gasteiger partial charge in [-0.05, 0) is 44.6 Å². The minimum absolute atomic E-state index is 0.792. The van der Waals surface area contributed by atoms with E-state index in [4.69, 9.17) is 0 Å². The zero-order chi connectivity index (χ0) is 11.2. The fourth-order valence-electron chi connectivity index (χ4n) is 2.51. The number of rotatable bonds is 6. The summed E-state index contributed by atoms with van der Waals surface area (Å²) in [6, 6.07) is 0.792. The Kier molecular flexibility index (Phi) is 4.79. The summed E-state index contributed by atoms with van der Waals surface area (Å²) in [7, 11) is 0. The number of nitrogens with one attached hydrogen (secondary N) is 1. The molecule has 1 aliphatic rings. The maximum atomic E-state index is 4.30. The monoisotopic (exact) mass is 238 g/mol. The average molecular weight is 238 g/mol. The summed E-state index contributed by atoms with van der Waals surface area (Å²) < 4.78 is 0. The van der Waals surface area contributed by atoms with E-state index in [0.717, 1.165) is 18.4 Å². The van der Waals surface area contributed by atoms with Gasteiger partial charge in [0.15, 0.2) is 0 Å². The fourth-order valence-corrected chi connectivity index (χ4v) is 3.18. The van der Waals surface area contributed by atoms with Crippen LogP contribution in [0.1, 0.15) is 44.0 Å². The lowest BCUT2D eigenvalue weighted by Crippen LogP contribution is -2.31. The van der Waals surface area contributed by atoms with E-state index in [1.807, 2.05) is 6.20 Å². The topological polar surface area (TPSA) is 24.9 Å². The molecule has 0 aliphatic heterocycles. The van der Waals surface area contributed by atoms with Crippen molar-refractivity contribution in [3.05, 3.63) is 16.6 Å². The summed E-state index contributed by atoms with van der Waals surface area (Å²) >= 11 is 1.78. The Bertz CT molecular complexity index is 284. The van der Waals surface area contributed by atoms with Gasteiger partial charge in [0.05, 0.1) is 5.01 Å². The van der Waals surface area contributed by atoms with Crippen LogP contribution in [0.2, 0.25) is 0 Å². The first-order valence-corrected chi connectivity index (χ1v) is 7.36. The number of aromatic nitrogens is 1. The van der Waals surface area contributed by atoms with Gasteiger partial charge < -0.3 is 5.32 Å². The Labute approximate surface area is 102 Å². The van der Waals surface area contributed by atoms with Crippen molar-refractivity contribution in [1.29, 1.82) is 0 Å². The van der Waals surface area contributed by atoms with Crippen molar-refractivity contribution in [2.75, 3.05) is 6.54 Å². The smallest absolute Gasteiger partial charge is 0.0924 e. The zero-order valence-corrected chi connectivity index (χ0v) is 10.9. The van der Waals surface area contributed by atoms with E-state index >= 15 is 0 Å². The highest BCUT2D eigenvalue weighted by atomic mass is 32.1. The molecule has 0 aromatic carbocycles. The maximum absolute atomic E-state index is 4.30. The second-order valence-electron chi connectivity index (χ2n) is 4.85. The Morgan fingerprint density at radius 2 is 2.38 bits per heavy atom. The van der Waals surface area contributed by atoms with Gasteiger partial charge in [0, 0.05) is 17.6 Å². The molecule has 1 saturated carbocycles. The van der Waals surface area contributed by atoms with Gasteiger partial charge in [-0.25, -0.2) is 4.98 Å². The summed E-state index contributed by atoms with van der Waals surface area (Å²) in [5.74, 6) is 0.888. The minimum Gasteiger partial charge on any atom is -0.314 e. The Hall–Kier alpha value is -0.410. The van der Waals surface area contributed by atoms with E-state index in [-0.39, 0.29) is 0 Å². The van der Waals surface area contributed by atoms with E-state index in [9.17, 15) is 0 Å². The van der Waals surface area contributed by atoms with Gasteiger partial charge in [-0.2, -0.15) is 0 Å². The number of nitrogens with zero attached hydrogens (tertiary/aromatic N) is 1. The van der Waals surface area contributed by atoms with Gasteiger partial charge in [0.1, 0.15) is 0 Å². The summed E-state index contributed by atoms with van der Waals surface area (Å²) in [6.45, 7) is 3.56. The van der Waals surface area contributed by atoms with Crippen molar-refractivity contribution in [1.82, 2.24) is 10.3 Å². The van der Waals surface area contributed by atoms with Crippen LogP contribution < -0.4 is 5.32 Å². The van der Waals surface area contributed by atoms with Crippen LogP contribution in [-0.2, 0) is 6.42 Å². The molecule has 90 valence electrons. The molecule has 1 fully saturated rings. The summed E-state index contributed by atoms with van der Waals surface area (Å²) in [6.07, 6.45) is 9.81. The van der Waals surface area contributed by atoms with Crippen molar-refractivity contribution in [2.45, 2.75) is 51.5 Å². The SMILES string of the molecule is CC1CCCC1NCCCCc1nccs1. The van der Waals surface area contributed by atoms with E-state index in [1.54, 1.807) is 11.3 Å². The molecule has 1 aromatic heterocycles.